The van der Waals surface area contributed by atoms with Gasteiger partial charge in [-0.05, 0) is 28.9 Å². The number of rotatable bonds is 5. The van der Waals surface area contributed by atoms with Gasteiger partial charge < -0.3 is 20.5 Å². The number of carboxylic acids is 1. The summed E-state index contributed by atoms with van der Waals surface area (Å²) < 4.78 is 23.7. The molecule has 2 aliphatic rings. The molecular weight excluding hydrogens is 510 g/mol. The third kappa shape index (κ3) is 7.26. The van der Waals surface area contributed by atoms with Crippen LogP contribution in [0.3, 0.4) is 0 Å². The van der Waals surface area contributed by atoms with E-state index in [9.17, 15) is 18.3 Å². The minimum absolute atomic E-state index is 0.0276. The van der Waals surface area contributed by atoms with Crippen LogP contribution in [0.4, 0.5) is 0 Å². The van der Waals surface area contributed by atoms with E-state index in [4.69, 9.17) is 0 Å². The minimum atomic E-state index is -3.85. The van der Waals surface area contributed by atoms with E-state index >= 15 is 0 Å². The predicted octanol–water partition coefficient (Wildman–Crippen LogP) is 3.79. The molecule has 7 nitrogen and oxygen atoms in total. The summed E-state index contributed by atoms with van der Waals surface area (Å²) in [6.07, 6.45) is 3.44. The Bertz CT molecular complexity index is 1460. The summed E-state index contributed by atoms with van der Waals surface area (Å²) in [7, 11) is -3.85. The summed E-state index contributed by atoms with van der Waals surface area (Å²) in [6, 6.07) is 20.4. The summed E-state index contributed by atoms with van der Waals surface area (Å²) in [5.74, 6) is -1.57. The van der Waals surface area contributed by atoms with Crippen molar-refractivity contribution in [3.8, 4) is 0 Å². The molecule has 0 atom stereocenters. The summed E-state index contributed by atoms with van der Waals surface area (Å²) in [5.41, 5.74) is 4.31. The van der Waals surface area contributed by atoms with Crippen LogP contribution in [0.1, 0.15) is 45.2 Å². The van der Waals surface area contributed by atoms with Gasteiger partial charge in [-0.2, -0.15) is 0 Å². The van der Waals surface area contributed by atoms with Crippen molar-refractivity contribution in [2.75, 3.05) is 25.4 Å². The zero-order valence-electron chi connectivity index (χ0n) is 23.0. The average molecular weight is 547 g/mol. The lowest BCUT2D eigenvalue weighted by molar-refractivity contribution is -0.301. The van der Waals surface area contributed by atoms with E-state index < -0.39 is 21.6 Å². The molecule has 3 aromatic carbocycles. The minimum Gasteiger partial charge on any atom is -0.549 e. The van der Waals surface area contributed by atoms with E-state index in [0.717, 1.165) is 37.3 Å². The van der Waals surface area contributed by atoms with Crippen molar-refractivity contribution in [1.82, 2.24) is 10.6 Å². The standard InChI is InChI=1S/C19H27N3.C12H10O4S/c1-18(2)10-9-16(20-11-18)14-5-7-15(8-6-14)17-21-12-19(3,4)13-22-17;13-12(14)8-17(15,16)11-7-3-5-9-4-1-2-6-10(9)11/h5-9,20H,10-13H2,1-4H3,(H,21,22);1-7H,8H2,(H,13,14)/p-1. The molecule has 0 aromatic heterocycles. The Balaban J connectivity index is 0.000000187. The highest BCUT2D eigenvalue weighted by Gasteiger charge is 2.24. The van der Waals surface area contributed by atoms with E-state index in [1.54, 1.807) is 36.4 Å². The number of carbonyl (C=O) groups is 1. The second-order valence-corrected chi connectivity index (χ2v) is 13.7. The molecule has 0 spiro atoms. The second-order valence-electron chi connectivity index (χ2n) is 11.7. The normalized spacial score (nSPS) is 17.9. The SMILES string of the molecule is CC1(C)CC=C(c2ccc(C3=NCC(C)(C)CN3)cc2)NC1.O=C([O-])CS(=O)(=O)c1cccc2ccccc12. The Hall–Kier alpha value is -3.65. The maximum atomic E-state index is 11.8. The Morgan fingerprint density at radius 2 is 1.51 bits per heavy atom. The quantitative estimate of drug-likeness (QED) is 0.504. The number of sulfone groups is 1. The van der Waals surface area contributed by atoms with Crippen LogP contribution < -0.4 is 15.7 Å². The highest BCUT2D eigenvalue weighted by atomic mass is 32.2. The van der Waals surface area contributed by atoms with Crippen LogP contribution >= 0.6 is 0 Å². The lowest BCUT2D eigenvalue weighted by Gasteiger charge is -2.30. The molecule has 2 aliphatic heterocycles. The van der Waals surface area contributed by atoms with Gasteiger partial charge in [0.15, 0.2) is 9.84 Å². The molecule has 0 saturated heterocycles. The Morgan fingerprint density at radius 3 is 2.13 bits per heavy atom. The fourth-order valence-corrected chi connectivity index (χ4v) is 5.78. The van der Waals surface area contributed by atoms with Gasteiger partial charge in [0.2, 0.25) is 0 Å². The van der Waals surface area contributed by atoms with E-state index in [0.29, 0.717) is 10.8 Å². The second kappa shape index (κ2) is 11.2. The van der Waals surface area contributed by atoms with Crippen molar-refractivity contribution in [2.24, 2.45) is 15.8 Å². The molecule has 2 heterocycles. The topological polar surface area (TPSA) is 111 Å². The number of aliphatic imine (C=N–C) groups is 1. The number of amidine groups is 1. The number of aliphatic carboxylic acids is 1. The number of hydrogen-bond donors (Lipinski definition) is 2. The van der Waals surface area contributed by atoms with Gasteiger partial charge in [0.1, 0.15) is 5.84 Å². The summed E-state index contributed by atoms with van der Waals surface area (Å²) in [5, 5.41) is 18.7. The Kier molecular flexibility index (Phi) is 8.16. The van der Waals surface area contributed by atoms with Crippen molar-refractivity contribution in [2.45, 2.75) is 39.0 Å². The zero-order chi connectivity index (χ0) is 28.3. The van der Waals surface area contributed by atoms with Gasteiger partial charge in [-0.3, -0.25) is 4.99 Å². The van der Waals surface area contributed by atoms with Gasteiger partial charge in [-0.1, -0.05) is 94.4 Å². The molecule has 206 valence electrons. The molecule has 5 rings (SSSR count). The van der Waals surface area contributed by atoms with Gasteiger partial charge in [-0.15, -0.1) is 0 Å². The zero-order valence-corrected chi connectivity index (χ0v) is 23.8. The lowest BCUT2D eigenvalue weighted by atomic mass is 9.85. The van der Waals surface area contributed by atoms with Crippen molar-refractivity contribution >= 4 is 38.1 Å². The van der Waals surface area contributed by atoms with Crippen molar-refractivity contribution in [1.29, 1.82) is 0 Å². The van der Waals surface area contributed by atoms with Crippen LogP contribution in [0, 0.1) is 10.8 Å². The smallest absolute Gasteiger partial charge is 0.184 e. The summed E-state index contributed by atoms with van der Waals surface area (Å²) in [6.45, 7) is 12.0. The Morgan fingerprint density at radius 1 is 0.872 bits per heavy atom. The van der Waals surface area contributed by atoms with Crippen molar-refractivity contribution < 1.29 is 18.3 Å². The number of benzene rings is 3. The average Bonchev–Trinajstić information content (AvgIpc) is 2.88. The molecule has 0 aliphatic carbocycles. The first-order valence-corrected chi connectivity index (χ1v) is 14.7. The van der Waals surface area contributed by atoms with Crippen LogP contribution in [-0.4, -0.2) is 45.6 Å². The highest BCUT2D eigenvalue weighted by Crippen LogP contribution is 2.28. The first-order valence-electron chi connectivity index (χ1n) is 13.1. The van der Waals surface area contributed by atoms with Crippen molar-refractivity contribution in [3.63, 3.8) is 0 Å². The fraction of sp³-hybridized carbons (Fsp3) is 0.355. The molecule has 39 heavy (non-hydrogen) atoms. The number of carbonyl (C=O) groups excluding carboxylic acids is 1. The maximum Gasteiger partial charge on any atom is 0.184 e. The molecule has 2 N–H and O–H groups in total. The first kappa shape index (κ1) is 28.4. The summed E-state index contributed by atoms with van der Waals surface area (Å²) in [4.78, 5) is 15.2. The molecular formula is C31H36N3O4S-. The molecule has 8 heteroatoms. The van der Waals surface area contributed by atoms with E-state index in [1.165, 1.54) is 22.9 Å². The molecule has 0 bridgehead atoms. The largest absolute Gasteiger partial charge is 0.549 e. The van der Waals surface area contributed by atoms with Crippen molar-refractivity contribution in [3.05, 3.63) is 83.9 Å². The van der Waals surface area contributed by atoms with Crippen LogP contribution in [0.25, 0.3) is 16.5 Å². The number of nitrogens with zero attached hydrogens (tertiary/aromatic N) is 1. The number of nitrogens with one attached hydrogen (secondary N) is 2. The molecule has 0 fully saturated rings. The number of carboxylic acid groups (broad SMARTS) is 1. The molecule has 0 saturated carbocycles. The lowest BCUT2D eigenvalue weighted by Crippen LogP contribution is -2.41. The third-order valence-corrected chi connectivity index (χ3v) is 8.52. The monoisotopic (exact) mass is 546 g/mol. The summed E-state index contributed by atoms with van der Waals surface area (Å²) >= 11 is 0. The predicted molar refractivity (Wildman–Crippen MR) is 155 cm³/mol. The van der Waals surface area contributed by atoms with Crippen LogP contribution in [-0.2, 0) is 14.6 Å². The first-order chi connectivity index (χ1) is 18.4. The number of fused-ring (bicyclic) bond motifs is 1. The molecule has 3 aromatic rings. The number of hydrogen-bond acceptors (Lipinski definition) is 7. The highest BCUT2D eigenvalue weighted by molar-refractivity contribution is 7.92. The third-order valence-electron chi connectivity index (χ3n) is 6.88. The Labute approximate surface area is 231 Å². The van der Waals surface area contributed by atoms with Crippen LogP contribution in [0.2, 0.25) is 0 Å². The van der Waals surface area contributed by atoms with Gasteiger partial charge in [-0.25, -0.2) is 8.42 Å². The van der Waals surface area contributed by atoms with E-state index in [2.05, 4.69) is 73.7 Å². The van der Waals surface area contributed by atoms with Gasteiger partial charge >= 0.3 is 0 Å². The van der Waals surface area contributed by atoms with Gasteiger partial charge in [0.25, 0.3) is 0 Å². The maximum absolute atomic E-state index is 11.8. The van der Waals surface area contributed by atoms with Gasteiger partial charge in [0.05, 0.1) is 16.6 Å². The fourth-order valence-electron chi connectivity index (χ4n) is 4.51. The van der Waals surface area contributed by atoms with E-state index in [1.807, 2.05) is 0 Å². The van der Waals surface area contributed by atoms with E-state index in [-0.39, 0.29) is 10.3 Å². The van der Waals surface area contributed by atoms with Crippen LogP contribution in [0.15, 0.2) is 82.7 Å². The molecule has 0 radical (unpaired) electrons. The van der Waals surface area contributed by atoms with Crippen LogP contribution in [0.5, 0.6) is 0 Å². The molecule has 0 amide bonds. The van der Waals surface area contributed by atoms with Gasteiger partial charge in [0, 0.05) is 41.7 Å². The molecule has 0 unspecified atom stereocenters. The number of allylic oxidation sites excluding steroid dienone is 1.